The predicted molar refractivity (Wildman–Crippen MR) is 90.5 cm³/mol. The van der Waals surface area contributed by atoms with E-state index in [1.807, 2.05) is 7.96 Å². The van der Waals surface area contributed by atoms with Crippen LogP contribution in [0, 0.1) is 0 Å². The highest BCUT2D eigenvalue weighted by molar-refractivity contribution is 9.10. The van der Waals surface area contributed by atoms with E-state index in [9.17, 15) is 0 Å². The predicted octanol–water partition coefficient (Wildman–Crippen LogP) is 7.48. The van der Waals surface area contributed by atoms with Gasteiger partial charge in [-0.1, -0.05) is 61.2 Å². The lowest BCUT2D eigenvalue weighted by atomic mass is 10.3. The summed E-state index contributed by atoms with van der Waals surface area (Å²) in [5.74, 6) is 0. The Bertz CT molecular complexity index is 239. The van der Waals surface area contributed by atoms with E-state index < -0.39 is 7.74 Å². The van der Waals surface area contributed by atoms with Gasteiger partial charge < -0.3 is 7.96 Å². The van der Waals surface area contributed by atoms with Crippen LogP contribution in [-0.2, 0) is 0 Å². The molecule has 2 unspecified atom stereocenters. The summed E-state index contributed by atoms with van der Waals surface area (Å²) in [5, 5.41) is 1.21. The zero-order valence-electron chi connectivity index (χ0n) is 12.3. The highest BCUT2D eigenvalue weighted by Crippen LogP contribution is 3.19. The first kappa shape index (κ1) is 16.0. The first-order valence-corrected chi connectivity index (χ1v) is 18.1. The maximum absolute atomic E-state index is 2.62. The van der Waals surface area contributed by atoms with Gasteiger partial charge in [0.1, 0.15) is 0 Å². The van der Waals surface area contributed by atoms with Crippen molar-refractivity contribution in [3.05, 3.63) is 0 Å². The van der Waals surface area contributed by atoms with E-state index in [2.05, 4.69) is 61.2 Å². The van der Waals surface area contributed by atoms with Gasteiger partial charge in [0.15, 0.2) is 0 Å². The minimum atomic E-state index is -0.904. The Balaban J connectivity index is 2.92. The second-order valence-electron chi connectivity index (χ2n) is 7.47. The van der Waals surface area contributed by atoms with E-state index in [0.29, 0.717) is 31.8 Å². The van der Waals surface area contributed by atoms with Crippen molar-refractivity contribution in [1.29, 1.82) is 0 Å². The van der Waals surface area contributed by atoms with Crippen molar-refractivity contribution in [3.63, 3.8) is 0 Å². The molecule has 1 fully saturated rings. The van der Waals surface area contributed by atoms with Crippen LogP contribution >= 0.6 is 29.4 Å². The third kappa shape index (κ3) is 3.49. The molecule has 1 aliphatic rings. The van der Waals surface area contributed by atoms with Gasteiger partial charge in [-0.05, 0) is 10.3 Å². The van der Waals surface area contributed by atoms with Gasteiger partial charge in [-0.3, -0.25) is 0 Å². The van der Waals surface area contributed by atoms with Crippen molar-refractivity contribution in [2.24, 2.45) is 0 Å². The van der Waals surface area contributed by atoms with E-state index in [-0.39, 0.29) is 0 Å². The van der Waals surface area contributed by atoms with Gasteiger partial charge in [-0.15, -0.1) is 6.85 Å². The standard InChI is InChI=1S/C11H27P4Si/c1-10(2,3)13-12-14(11(4,5)6)15(13)16(7,8)9/h1-9H3/q-1. The molecule has 0 aliphatic carbocycles. The van der Waals surface area contributed by atoms with Crippen LogP contribution in [0.15, 0.2) is 0 Å². The van der Waals surface area contributed by atoms with Crippen LogP contribution in [0.4, 0.5) is 0 Å². The van der Waals surface area contributed by atoms with Crippen LogP contribution in [0.2, 0.25) is 19.6 Å². The number of hydrogen-bond donors (Lipinski definition) is 0. The molecule has 0 spiro atoms. The van der Waals surface area contributed by atoms with Crippen LogP contribution in [0.3, 0.4) is 0 Å². The van der Waals surface area contributed by atoms with E-state index in [0.717, 1.165) is 0 Å². The summed E-state index contributed by atoms with van der Waals surface area (Å²) in [7, 11) is 1.65. The fourth-order valence-electron chi connectivity index (χ4n) is 1.61. The molecule has 1 aliphatic heterocycles. The molecule has 2 atom stereocenters. The topological polar surface area (TPSA) is 0 Å². The molecule has 1 rings (SSSR count). The van der Waals surface area contributed by atoms with Crippen molar-refractivity contribution in [2.75, 3.05) is 0 Å². The Morgan fingerprint density at radius 2 is 1.06 bits per heavy atom. The largest absolute Gasteiger partial charge is 0.465 e. The van der Waals surface area contributed by atoms with E-state index in [4.69, 9.17) is 0 Å². The Labute approximate surface area is 109 Å². The Kier molecular flexibility index (Phi) is 4.80. The maximum Gasteiger partial charge on any atom is 0.0767 e. The minimum Gasteiger partial charge on any atom is -0.465 e. The molecule has 0 aromatic carbocycles. The van der Waals surface area contributed by atoms with Crippen LogP contribution in [0.1, 0.15) is 41.5 Å². The SMILES string of the molecule is CC(C)(C)P1[P-]P(C(C)(C)C)P1[Si](C)(C)C. The molecular formula is C11H27P4Si-. The van der Waals surface area contributed by atoms with Crippen molar-refractivity contribution in [3.8, 4) is 0 Å². The van der Waals surface area contributed by atoms with Gasteiger partial charge in [0.2, 0.25) is 0 Å². The average Bonchev–Trinajstić information content (AvgIpc) is 1.68. The lowest BCUT2D eigenvalue weighted by Crippen LogP contribution is -2.26. The highest BCUT2D eigenvalue weighted by Gasteiger charge is 2.44. The summed E-state index contributed by atoms with van der Waals surface area (Å²) in [6.07, 6.45) is 0. The van der Waals surface area contributed by atoms with Crippen LogP contribution < -0.4 is 0 Å². The summed E-state index contributed by atoms with van der Waals surface area (Å²) >= 11 is 0. The Morgan fingerprint density at radius 1 is 0.750 bits per heavy atom. The summed E-state index contributed by atoms with van der Waals surface area (Å²) in [6, 6.07) is 0. The molecule has 0 aromatic rings. The first-order chi connectivity index (χ1) is 6.85. The van der Waals surface area contributed by atoms with Crippen molar-refractivity contribution < 1.29 is 0 Å². The van der Waals surface area contributed by atoms with Crippen LogP contribution in [0.25, 0.3) is 0 Å². The molecule has 5 heteroatoms. The molecule has 0 saturated carbocycles. The van der Waals surface area contributed by atoms with Gasteiger partial charge in [0.25, 0.3) is 0 Å². The summed E-state index contributed by atoms with van der Waals surface area (Å²) in [5.41, 5.74) is 0. The molecule has 1 saturated heterocycles. The number of hydrogen-bond acceptors (Lipinski definition) is 0. The summed E-state index contributed by atoms with van der Waals surface area (Å²) in [6.45, 7) is 23.2. The zero-order valence-corrected chi connectivity index (χ0v) is 16.9. The molecule has 1 heterocycles. The van der Waals surface area contributed by atoms with Gasteiger partial charge in [0.05, 0.1) is 7.74 Å². The lowest BCUT2D eigenvalue weighted by Gasteiger charge is -2.74. The van der Waals surface area contributed by atoms with Crippen molar-refractivity contribution in [1.82, 2.24) is 0 Å². The van der Waals surface area contributed by atoms with Gasteiger partial charge in [-0.25, -0.2) is 14.6 Å². The lowest BCUT2D eigenvalue weighted by molar-refractivity contribution is 0.795. The average molecular weight is 311 g/mol. The van der Waals surface area contributed by atoms with Gasteiger partial charge in [-0.2, -0.15) is 0 Å². The van der Waals surface area contributed by atoms with Crippen LogP contribution in [-0.4, -0.2) is 18.1 Å². The zero-order chi connectivity index (χ0) is 12.9. The quantitative estimate of drug-likeness (QED) is 0.348. The minimum absolute atomic E-state index is 0.334. The normalized spacial score (nSPS) is 33.9. The molecule has 96 valence electrons. The Morgan fingerprint density at radius 3 is 1.25 bits per heavy atom. The van der Waals surface area contributed by atoms with Crippen molar-refractivity contribution >= 4 is 37.1 Å². The van der Waals surface area contributed by atoms with E-state index in [1.54, 1.807) is 0 Å². The highest BCUT2D eigenvalue weighted by atomic mass is 33.1. The molecule has 0 amide bonds. The molecule has 0 radical (unpaired) electrons. The second-order valence-corrected chi connectivity index (χ2v) is 36.2. The monoisotopic (exact) mass is 311 g/mol. The molecule has 0 N–H and O–H groups in total. The molecule has 0 bridgehead atoms. The van der Waals surface area contributed by atoms with E-state index in [1.165, 1.54) is 0 Å². The third-order valence-corrected chi connectivity index (χ3v) is 54.7. The Hall–Kier alpha value is 1.94. The molecule has 0 nitrogen and oxygen atoms in total. The summed E-state index contributed by atoms with van der Waals surface area (Å²) < 4.78 is 0. The first-order valence-electron chi connectivity index (χ1n) is 5.97. The number of rotatable bonds is 1. The third-order valence-electron chi connectivity index (χ3n) is 2.33. The fraction of sp³-hybridized carbons (Fsp3) is 1.00. The fourth-order valence-corrected chi connectivity index (χ4v) is 73.1. The van der Waals surface area contributed by atoms with Gasteiger partial charge >= 0.3 is 0 Å². The molecule has 0 aromatic heterocycles. The maximum atomic E-state index is 2.62. The smallest absolute Gasteiger partial charge is 0.0767 e. The summed E-state index contributed by atoms with van der Waals surface area (Å²) in [4.78, 5) is 0. The van der Waals surface area contributed by atoms with Gasteiger partial charge in [0, 0.05) is 0 Å². The van der Waals surface area contributed by atoms with E-state index >= 15 is 0 Å². The second kappa shape index (κ2) is 4.80. The van der Waals surface area contributed by atoms with Crippen molar-refractivity contribution in [2.45, 2.75) is 71.5 Å². The van der Waals surface area contributed by atoms with Crippen LogP contribution in [0.5, 0.6) is 0 Å². The molecular weight excluding hydrogens is 284 g/mol. The molecule has 16 heavy (non-hydrogen) atoms.